The molecule has 0 aliphatic rings. The van der Waals surface area contributed by atoms with Gasteiger partial charge in [0.15, 0.2) is 6.61 Å². The molecule has 0 fully saturated rings. The lowest BCUT2D eigenvalue weighted by molar-refractivity contribution is -0.118. The molecule has 0 spiro atoms. The second kappa shape index (κ2) is 9.41. The smallest absolute Gasteiger partial charge is 0.335 e. The van der Waals surface area contributed by atoms with E-state index >= 15 is 0 Å². The number of hydrogen-bond donors (Lipinski definition) is 3. The summed E-state index contributed by atoms with van der Waals surface area (Å²) in [7, 11) is 0. The van der Waals surface area contributed by atoms with Crippen LogP contribution in [0.25, 0.3) is 0 Å². The van der Waals surface area contributed by atoms with Crippen molar-refractivity contribution in [2.75, 3.05) is 17.2 Å². The highest BCUT2D eigenvalue weighted by Crippen LogP contribution is 2.20. The molecule has 3 aromatic rings. The van der Waals surface area contributed by atoms with Gasteiger partial charge in [-0.15, -0.1) is 0 Å². The lowest BCUT2D eigenvalue weighted by Crippen LogP contribution is -2.20. The molecule has 3 aromatic carbocycles. The van der Waals surface area contributed by atoms with Gasteiger partial charge in [-0.2, -0.15) is 0 Å². The van der Waals surface area contributed by atoms with Crippen molar-refractivity contribution in [1.82, 2.24) is 0 Å². The van der Waals surface area contributed by atoms with Gasteiger partial charge >= 0.3 is 5.97 Å². The third-order valence-corrected chi connectivity index (χ3v) is 4.28. The van der Waals surface area contributed by atoms with Gasteiger partial charge in [-0.05, 0) is 49.4 Å². The number of carbonyl (C=O) groups is 2. The zero-order chi connectivity index (χ0) is 20.6. The third kappa shape index (κ3) is 5.84. The molecular weight excluding hydrogens is 368 g/mol. The number of amides is 1. The number of rotatable bonds is 8. The average molecular weight is 390 g/mol. The van der Waals surface area contributed by atoms with Crippen LogP contribution in [0.5, 0.6) is 5.75 Å². The Morgan fingerprint density at radius 1 is 0.897 bits per heavy atom. The zero-order valence-corrected chi connectivity index (χ0v) is 16.0. The summed E-state index contributed by atoms with van der Waals surface area (Å²) in [6, 6.07) is 21.5. The van der Waals surface area contributed by atoms with Gasteiger partial charge in [-0.1, -0.05) is 35.9 Å². The molecule has 0 bridgehead atoms. The molecule has 0 atom stereocenters. The Balaban J connectivity index is 1.56. The van der Waals surface area contributed by atoms with E-state index in [-0.39, 0.29) is 18.1 Å². The van der Waals surface area contributed by atoms with Crippen molar-refractivity contribution in [3.05, 3.63) is 89.5 Å². The highest BCUT2D eigenvalue weighted by atomic mass is 16.5. The van der Waals surface area contributed by atoms with E-state index in [1.54, 1.807) is 24.3 Å². The molecule has 0 unspecified atom stereocenters. The number of benzene rings is 3. The lowest BCUT2D eigenvalue weighted by atomic mass is 10.1. The Morgan fingerprint density at radius 3 is 2.24 bits per heavy atom. The summed E-state index contributed by atoms with van der Waals surface area (Å²) < 4.78 is 5.70. The van der Waals surface area contributed by atoms with Crippen LogP contribution >= 0.6 is 0 Å². The Kier molecular flexibility index (Phi) is 6.47. The number of carboxylic acids is 1. The fraction of sp³-hybridized carbons (Fsp3) is 0.130. The minimum Gasteiger partial charge on any atom is -0.483 e. The second-order valence-electron chi connectivity index (χ2n) is 6.55. The molecule has 0 aromatic heterocycles. The molecule has 3 N–H and O–H groups in total. The van der Waals surface area contributed by atoms with Gasteiger partial charge in [0.2, 0.25) is 0 Å². The summed E-state index contributed by atoms with van der Waals surface area (Å²) in [4.78, 5) is 23.1. The van der Waals surface area contributed by atoms with Gasteiger partial charge in [0.05, 0.1) is 5.56 Å². The first-order valence-electron chi connectivity index (χ1n) is 9.16. The summed E-state index contributed by atoms with van der Waals surface area (Å²) in [5.74, 6) is -0.582. The molecule has 0 heterocycles. The van der Waals surface area contributed by atoms with Crippen molar-refractivity contribution in [2.24, 2.45) is 0 Å². The summed E-state index contributed by atoms with van der Waals surface area (Å²) in [5, 5.41) is 15.0. The molecule has 0 radical (unpaired) electrons. The van der Waals surface area contributed by atoms with Crippen molar-refractivity contribution in [2.45, 2.75) is 13.5 Å². The molecular formula is C23H22N2O4. The standard InChI is InChI=1S/C23H22N2O4/c1-16-6-10-20(11-7-16)25-22(26)15-29-21-5-3-2-4-18(21)14-24-19-12-8-17(9-13-19)23(27)28/h2-13,24H,14-15H2,1H3,(H,25,26)(H,27,28). The zero-order valence-electron chi connectivity index (χ0n) is 16.0. The molecule has 1 amide bonds. The summed E-state index contributed by atoms with van der Waals surface area (Å²) >= 11 is 0. The van der Waals surface area contributed by atoms with E-state index in [1.807, 2.05) is 55.5 Å². The van der Waals surface area contributed by atoms with Crippen molar-refractivity contribution in [3.8, 4) is 5.75 Å². The number of para-hydroxylation sites is 1. The first kappa shape index (κ1) is 19.9. The van der Waals surface area contributed by atoms with Crippen LogP contribution in [0.15, 0.2) is 72.8 Å². The van der Waals surface area contributed by atoms with E-state index in [0.717, 1.165) is 22.5 Å². The van der Waals surface area contributed by atoms with Crippen LogP contribution in [0.2, 0.25) is 0 Å². The number of anilines is 2. The highest BCUT2D eigenvalue weighted by Gasteiger charge is 2.08. The number of nitrogens with one attached hydrogen (secondary N) is 2. The van der Waals surface area contributed by atoms with E-state index in [2.05, 4.69) is 10.6 Å². The topological polar surface area (TPSA) is 87.7 Å². The maximum Gasteiger partial charge on any atom is 0.335 e. The number of hydrogen-bond acceptors (Lipinski definition) is 4. The van der Waals surface area contributed by atoms with E-state index in [4.69, 9.17) is 9.84 Å². The number of aromatic carboxylic acids is 1. The highest BCUT2D eigenvalue weighted by molar-refractivity contribution is 5.91. The van der Waals surface area contributed by atoms with Crippen molar-refractivity contribution >= 4 is 23.3 Å². The van der Waals surface area contributed by atoms with Crippen LogP contribution in [-0.4, -0.2) is 23.6 Å². The summed E-state index contributed by atoms with van der Waals surface area (Å²) in [6.45, 7) is 2.36. The van der Waals surface area contributed by atoms with E-state index in [9.17, 15) is 9.59 Å². The predicted octanol–water partition coefficient (Wildman–Crippen LogP) is 4.32. The van der Waals surface area contributed by atoms with Gasteiger partial charge in [-0.3, -0.25) is 4.79 Å². The van der Waals surface area contributed by atoms with Crippen molar-refractivity contribution in [1.29, 1.82) is 0 Å². The Hall–Kier alpha value is -3.80. The van der Waals surface area contributed by atoms with Crippen LogP contribution in [0, 0.1) is 6.92 Å². The van der Waals surface area contributed by atoms with Gasteiger partial charge < -0.3 is 20.5 Å². The predicted molar refractivity (Wildman–Crippen MR) is 112 cm³/mol. The summed E-state index contributed by atoms with van der Waals surface area (Å²) in [5.41, 5.74) is 3.76. The van der Waals surface area contributed by atoms with E-state index < -0.39 is 5.97 Å². The third-order valence-electron chi connectivity index (χ3n) is 4.28. The first-order valence-corrected chi connectivity index (χ1v) is 9.16. The fourth-order valence-electron chi connectivity index (χ4n) is 2.70. The molecule has 29 heavy (non-hydrogen) atoms. The van der Waals surface area contributed by atoms with Gasteiger partial charge in [0.1, 0.15) is 5.75 Å². The molecule has 0 saturated carbocycles. The lowest BCUT2D eigenvalue weighted by Gasteiger charge is -2.13. The summed E-state index contributed by atoms with van der Waals surface area (Å²) in [6.07, 6.45) is 0. The average Bonchev–Trinajstić information content (AvgIpc) is 2.73. The molecule has 148 valence electrons. The Labute approximate surface area is 169 Å². The fourth-order valence-corrected chi connectivity index (χ4v) is 2.70. The molecule has 3 rings (SSSR count). The maximum atomic E-state index is 12.1. The molecule has 6 nitrogen and oxygen atoms in total. The van der Waals surface area contributed by atoms with Crippen molar-refractivity contribution in [3.63, 3.8) is 0 Å². The van der Waals surface area contributed by atoms with Crippen LogP contribution in [0.3, 0.4) is 0 Å². The number of carboxylic acid groups (broad SMARTS) is 1. The SMILES string of the molecule is Cc1ccc(NC(=O)COc2ccccc2CNc2ccc(C(=O)O)cc2)cc1. The largest absolute Gasteiger partial charge is 0.483 e. The van der Waals surface area contributed by atoms with Crippen LogP contribution in [-0.2, 0) is 11.3 Å². The quantitative estimate of drug-likeness (QED) is 0.533. The second-order valence-corrected chi connectivity index (χ2v) is 6.55. The number of aryl methyl sites for hydroxylation is 1. The van der Waals surface area contributed by atoms with Gasteiger partial charge in [-0.25, -0.2) is 4.79 Å². The van der Waals surface area contributed by atoms with Crippen LogP contribution < -0.4 is 15.4 Å². The van der Waals surface area contributed by atoms with Crippen molar-refractivity contribution < 1.29 is 19.4 Å². The van der Waals surface area contributed by atoms with Crippen LogP contribution in [0.4, 0.5) is 11.4 Å². The minimum absolute atomic E-state index is 0.0990. The van der Waals surface area contributed by atoms with E-state index in [0.29, 0.717) is 12.3 Å². The monoisotopic (exact) mass is 390 g/mol. The van der Waals surface area contributed by atoms with E-state index in [1.165, 1.54) is 0 Å². The van der Waals surface area contributed by atoms with Gasteiger partial charge in [0.25, 0.3) is 5.91 Å². The maximum absolute atomic E-state index is 12.1. The Bertz CT molecular complexity index is 983. The van der Waals surface area contributed by atoms with Crippen LogP contribution in [0.1, 0.15) is 21.5 Å². The Morgan fingerprint density at radius 2 is 1.55 bits per heavy atom. The molecule has 6 heteroatoms. The normalized spacial score (nSPS) is 10.2. The number of carbonyl (C=O) groups excluding carboxylic acids is 1. The molecule has 0 aliphatic carbocycles. The minimum atomic E-state index is -0.959. The first-order chi connectivity index (χ1) is 14.0. The van der Waals surface area contributed by atoms with Gasteiger partial charge in [0, 0.05) is 23.5 Å². The number of ether oxygens (including phenoxy) is 1. The molecule has 0 aliphatic heterocycles. The molecule has 0 saturated heterocycles.